The molecule has 106 valence electrons. The van der Waals surface area contributed by atoms with Gasteiger partial charge in [0.2, 0.25) is 10.0 Å². The number of rotatable bonds is 3. The minimum atomic E-state index is -3.27. The van der Waals surface area contributed by atoms with E-state index in [1.54, 1.807) is 0 Å². The summed E-state index contributed by atoms with van der Waals surface area (Å²) in [7, 11) is -3.27. The standard InChI is InChI=1S/C14H22N2O2S/c1-14(2,3)11-4-6-12(7-5-11)16-19(17,18)13-8-9-15-10-13/h4-7,13,15-16H,8-10H2,1-3H3. The molecular formula is C14H22N2O2S. The van der Waals surface area contributed by atoms with Crippen LogP contribution in [0.2, 0.25) is 0 Å². The molecule has 1 heterocycles. The smallest absolute Gasteiger partial charge is 0.236 e. The Hall–Kier alpha value is -1.07. The first-order chi connectivity index (χ1) is 8.79. The van der Waals surface area contributed by atoms with Gasteiger partial charge in [-0.25, -0.2) is 8.42 Å². The number of sulfonamides is 1. The molecule has 0 saturated carbocycles. The van der Waals surface area contributed by atoms with Crippen molar-refractivity contribution in [3.05, 3.63) is 29.8 Å². The molecule has 1 aromatic rings. The van der Waals surface area contributed by atoms with E-state index in [2.05, 4.69) is 30.8 Å². The van der Waals surface area contributed by atoms with Gasteiger partial charge in [0.05, 0.1) is 5.25 Å². The monoisotopic (exact) mass is 282 g/mol. The Kier molecular flexibility index (Phi) is 3.87. The van der Waals surface area contributed by atoms with Gasteiger partial charge < -0.3 is 5.32 Å². The van der Waals surface area contributed by atoms with Gasteiger partial charge in [-0.1, -0.05) is 32.9 Å². The highest BCUT2D eigenvalue weighted by Gasteiger charge is 2.28. The van der Waals surface area contributed by atoms with Crippen molar-refractivity contribution in [2.45, 2.75) is 37.9 Å². The van der Waals surface area contributed by atoms with Crippen molar-refractivity contribution in [3.8, 4) is 0 Å². The molecule has 5 heteroatoms. The highest BCUT2D eigenvalue weighted by atomic mass is 32.2. The molecule has 2 N–H and O–H groups in total. The van der Waals surface area contributed by atoms with Crippen LogP contribution in [-0.4, -0.2) is 26.8 Å². The summed E-state index contributed by atoms with van der Waals surface area (Å²) in [5.74, 6) is 0. The lowest BCUT2D eigenvalue weighted by Gasteiger charge is -2.19. The van der Waals surface area contributed by atoms with E-state index in [4.69, 9.17) is 0 Å². The number of nitrogens with one attached hydrogen (secondary N) is 2. The zero-order valence-electron chi connectivity index (χ0n) is 11.7. The minimum absolute atomic E-state index is 0.0762. The third kappa shape index (κ3) is 3.48. The average Bonchev–Trinajstić information content (AvgIpc) is 2.82. The van der Waals surface area contributed by atoms with Crippen molar-refractivity contribution in [2.24, 2.45) is 0 Å². The molecule has 1 saturated heterocycles. The molecule has 1 unspecified atom stereocenters. The van der Waals surface area contributed by atoms with Crippen LogP contribution in [0.15, 0.2) is 24.3 Å². The Bertz CT molecular complexity index is 524. The maximum Gasteiger partial charge on any atom is 0.236 e. The largest absolute Gasteiger partial charge is 0.315 e. The lowest BCUT2D eigenvalue weighted by molar-refractivity contribution is 0.588. The predicted octanol–water partition coefficient (Wildman–Crippen LogP) is 2.09. The highest BCUT2D eigenvalue weighted by Crippen LogP contribution is 2.24. The third-order valence-electron chi connectivity index (χ3n) is 3.46. The first-order valence-corrected chi connectivity index (χ1v) is 8.16. The van der Waals surface area contributed by atoms with Crippen LogP contribution in [-0.2, 0) is 15.4 Å². The van der Waals surface area contributed by atoms with Gasteiger partial charge in [-0.2, -0.15) is 0 Å². The van der Waals surface area contributed by atoms with Crippen LogP contribution in [0.25, 0.3) is 0 Å². The second-order valence-corrected chi connectivity index (χ2v) is 8.05. The summed E-state index contributed by atoms with van der Waals surface area (Å²) in [4.78, 5) is 0. The summed E-state index contributed by atoms with van der Waals surface area (Å²) in [5.41, 5.74) is 1.91. The van der Waals surface area contributed by atoms with Gasteiger partial charge in [0.25, 0.3) is 0 Å². The van der Waals surface area contributed by atoms with Gasteiger partial charge in [-0.05, 0) is 36.1 Å². The first kappa shape index (κ1) is 14.3. The van der Waals surface area contributed by atoms with E-state index >= 15 is 0 Å². The Labute approximate surface area is 115 Å². The molecular weight excluding hydrogens is 260 g/mol. The van der Waals surface area contributed by atoms with E-state index < -0.39 is 10.0 Å². The lowest BCUT2D eigenvalue weighted by atomic mass is 9.87. The van der Waals surface area contributed by atoms with E-state index in [1.165, 1.54) is 5.56 Å². The maximum absolute atomic E-state index is 12.1. The van der Waals surface area contributed by atoms with Crippen molar-refractivity contribution < 1.29 is 8.42 Å². The third-order valence-corrected chi connectivity index (χ3v) is 5.27. The van der Waals surface area contributed by atoms with Gasteiger partial charge in [-0.15, -0.1) is 0 Å². The molecule has 0 bridgehead atoms. The van der Waals surface area contributed by atoms with E-state index in [1.807, 2.05) is 24.3 Å². The molecule has 4 nitrogen and oxygen atoms in total. The zero-order chi connectivity index (χ0) is 14.1. The van der Waals surface area contributed by atoms with Gasteiger partial charge in [-0.3, -0.25) is 4.72 Å². The van der Waals surface area contributed by atoms with Crippen molar-refractivity contribution in [1.29, 1.82) is 0 Å². The van der Waals surface area contributed by atoms with Gasteiger partial charge in [0.1, 0.15) is 0 Å². The average molecular weight is 282 g/mol. The minimum Gasteiger partial charge on any atom is -0.315 e. The quantitative estimate of drug-likeness (QED) is 0.892. The summed E-state index contributed by atoms with van der Waals surface area (Å²) >= 11 is 0. The first-order valence-electron chi connectivity index (χ1n) is 6.62. The Morgan fingerprint density at radius 3 is 2.32 bits per heavy atom. The molecule has 1 aliphatic heterocycles. The van der Waals surface area contributed by atoms with Crippen LogP contribution in [0, 0.1) is 0 Å². The molecule has 1 fully saturated rings. The lowest BCUT2D eigenvalue weighted by Crippen LogP contribution is -2.29. The molecule has 0 amide bonds. The van der Waals surface area contributed by atoms with Gasteiger partial charge in [0, 0.05) is 12.2 Å². The number of hydrogen-bond donors (Lipinski definition) is 2. The van der Waals surface area contributed by atoms with E-state index in [9.17, 15) is 8.42 Å². The Morgan fingerprint density at radius 1 is 1.21 bits per heavy atom. The van der Waals surface area contributed by atoms with Crippen LogP contribution in [0.1, 0.15) is 32.8 Å². The van der Waals surface area contributed by atoms with Crippen molar-refractivity contribution >= 4 is 15.7 Å². The molecule has 19 heavy (non-hydrogen) atoms. The fraction of sp³-hybridized carbons (Fsp3) is 0.571. The van der Waals surface area contributed by atoms with E-state index in [0.717, 1.165) is 6.54 Å². The molecule has 0 radical (unpaired) electrons. The van der Waals surface area contributed by atoms with Gasteiger partial charge >= 0.3 is 0 Å². The zero-order valence-corrected chi connectivity index (χ0v) is 12.5. The van der Waals surface area contributed by atoms with E-state index in [0.29, 0.717) is 18.7 Å². The Morgan fingerprint density at radius 2 is 1.84 bits per heavy atom. The van der Waals surface area contributed by atoms with E-state index in [-0.39, 0.29) is 10.7 Å². The summed E-state index contributed by atoms with van der Waals surface area (Å²) in [6, 6.07) is 7.62. The molecule has 1 aromatic carbocycles. The molecule has 1 aliphatic rings. The highest BCUT2D eigenvalue weighted by molar-refractivity contribution is 7.93. The van der Waals surface area contributed by atoms with Crippen LogP contribution in [0.4, 0.5) is 5.69 Å². The van der Waals surface area contributed by atoms with Crippen LogP contribution < -0.4 is 10.0 Å². The van der Waals surface area contributed by atoms with Crippen LogP contribution >= 0.6 is 0 Å². The second-order valence-electron chi connectivity index (χ2n) is 6.09. The van der Waals surface area contributed by atoms with Crippen molar-refractivity contribution in [2.75, 3.05) is 17.8 Å². The maximum atomic E-state index is 12.1. The molecule has 0 aromatic heterocycles. The van der Waals surface area contributed by atoms with Crippen molar-refractivity contribution in [1.82, 2.24) is 5.32 Å². The Balaban J connectivity index is 2.11. The van der Waals surface area contributed by atoms with Gasteiger partial charge in [0.15, 0.2) is 0 Å². The summed E-state index contributed by atoms with van der Waals surface area (Å²) in [6.45, 7) is 7.72. The van der Waals surface area contributed by atoms with Crippen LogP contribution in [0.5, 0.6) is 0 Å². The fourth-order valence-electron chi connectivity index (χ4n) is 2.18. The topological polar surface area (TPSA) is 58.2 Å². The fourth-order valence-corrected chi connectivity index (χ4v) is 3.58. The molecule has 2 rings (SSSR count). The number of benzene rings is 1. The summed E-state index contributed by atoms with van der Waals surface area (Å²) in [5, 5.41) is 2.75. The second kappa shape index (κ2) is 5.13. The number of anilines is 1. The van der Waals surface area contributed by atoms with Crippen LogP contribution in [0.3, 0.4) is 0 Å². The normalized spacial score (nSPS) is 20.5. The summed E-state index contributed by atoms with van der Waals surface area (Å²) < 4.78 is 26.9. The molecule has 0 spiro atoms. The molecule has 1 atom stereocenters. The predicted molar refractivity (Wildman–Crippen MR) is 79.0 cm³/mol. The molecule has 0 aliphatic carbocycles. The SMILES string of the molecule is CC(C)(C)c1ccc(NS(=O)(=O)C2CCNC2)cc1. The van der Waals surface area contributed by atoms with Crippen molar-refractivity contribution in [3.63, 3.8) is 0 Å². The number of hydrogen-bond acceptors (Lipinski definition) is 3. The summed E-state index contributed by atoms with van der Waals surface area (Å²) in [6.07, 6.45) is 0.676.